The van der Waals surface area contributed by atoms with Crippen molar-refractivity contribution in [1.29, 1.82) is 0 Å². The van der Waals surface area contributed by atoms with Crippen LogP contribution in [0.2, 0.25) is 0 Å². The minimum absolute atomic E-state index is 0.0367. The van der Waals surface area contributed by atoms with Crippen LogP contribution in [0, 0.1) is 0 Å². The molecule has 5 N–H and O–H groups in total. The standard InChI is InChI=1S/C22H29F2N4O8P/c1-13(2)34-17(29)14(3)27-37(32,36-15-8-6-5-7-9-15)33-12-22(24)18(30)21(4,23)19(35-22)28-11-10-16(25)26-20(28)31/h5-11,13-14,18-19,30H,12H2,1-4H3,(H3,25,26,27,31,32)/p+1. The van der Waals surface area contributed by atoms with E-state index in [1.807, 2.05) is 0 Å². The van der Waals surface area contributed by atoms with Crippen molar-refractivity contribution in [3.05, 3.63) is 53.1 Å². The van der Waals surface area contributed by atoms with Crippen molar-refractivity contribution in [2.24, 2.45) is 0 Å². The molecule has 15 heteroatoms. The molecule has 0 amide bonds. The van der Waals surface area contributed by atoms with E-state index in [1.54, 1.807) is 32.0 Å². The number of ether oxygens (including phenoxy) is 2. The fourth-order valence-electron chi connectivity index (χ4n) is 3.51. The number of hydrogen-bond acceptors (Lipinski definition) is 9. The number of carbonyl (C=O) groups excluding carboxylic acids is 1. The van der Waals surface area contributed by atoms with Gasteiger partial charge in [-0.05, 0) is 39.8 Å². The Bertz CT molecular complexity index is 1210. The Kier molecular flexibility index (Phi) is 8.40. The van der Waals surface area contributed by atoms with Crippen LogP contribution in [0.25, 0.3) is 0 Å². The number of aromatic nitrogens is 2. The molecule has 37 heavy (non-hydrogen) atoms. The van der Waals surface area contributed by atoms with Crippen LogP contribution in [-0.4, -0.2) is 52.4 Å². The van der Waals surface area contributed by atoms with Crippen molar-refractivity contribution in [2.75, 3.05) is 12.3 Å². The number of aliphatic hydroxyl groups excluding tert-OH is 1. The lowest BCUT2D eigenvalue weighted by atomic mass is 9.97. The second-order valence-corrected chi connectivity index (χ2v) is 10.6. The number of nitrogens with two attached hydrogens (primary N) is 1. The summed E-state index contributed by atoms with van der Waals surface area (Å²) in [5, 5.41) is 12.8. The van der Waals surface area contributed by atoms with Gasteiger partial charge in [0.2, 0.25) is 11.9 Å². The third-order valence-electron chi connectivity index (χ3n) is 5.34. The Morgan fingerprint density at radius 2 is 1.95 bits per heavy atom. The van der Waals surface area contributed by atoms with Gasteiger partial charge >= 0.3 is 19.4 Å². The number of anilines is 1. The summed E-state index contributed by atoms with van der Waals surface area (Å²) >= 11 is 0. The maximum Gasteiger partial charge on any atom is 0.499 e. The highest BCUT2D eigenvalue weighted by Crippen LogP contribution is 2.50. The van der Waals surface area contributed by atoms with Crippen LogP contribution < -0.4 is 25.6 Å². The molecule has 204 valence electrons. The van der Waals surface area contributed by atoms with Gasteiger partial charge in [-0.3, -0.25) is 14.1 Å². The molecule has 1 aromatic carbocycles. The van der Waals surface area contributed by atoms with Crippen LogP contribution in [0.4, 0.5) is 14.6 Å². The first-order valence-electron chi connectivity index (χ1n) is 11.3. The molecule has 1 fully saturated rings. The smallest absolute Gasteiger partial charge is 0.462 e. The van der Waals surface area contributed by atoms with E-state index in [2.05, 4.69) is 10.1 Å². The maximum atomic E-state index is 15.8. The average molecular weight is 547 g/mol. The Hall–Kier alpha value is -2.90. The van der Waals surface area contributed by atoms with Gasteiger partial charge in [0.05, 0.1) is 6.10 Å². The number of nitrogens with zero attached hydrogens (tertiary/aromatic N) is 1. The molecule has 1 saturated heterocycles. The highest BCUT2D eigenvalue weighted by Gasteiger charge is 2.67. The van der Waals surface area contributed by atoms with Gasteiger partial charge < -0.3 is 20.1 Å². The largest absolute Gasteiger partial charge is 0.499 e. The zero-order chi connectivity index (χ0) is 27.6. The van der Waals surface area contributed by atoms with Gasteiger partial charge in [0.1, 0.15) is 24.6 Å². The molecular weight excluding hydrogens is 517 g/mol. The van der Waals surface area contributed by atoms with Gasteiger partial charge in [-0.25, -0.2) is 13.3 Å². The minimum atomic E-state index is -4.56. The second kappa shape index (κ2) is 10.8. The van der Waals surface area contributed by atoms with Crippen LogP contribution in [0.1, 0.15) is 33.9 Å². The van der Waals surface area contributed by atoms with E-state index in [9.17, 15) is 19.3 Å². The van der Waals surface area contributed by atoms with Gasteiger partial charge in [0.15, 0.2) is 11.9 Å². The van der Waals surface area contributed by atoms with Crippen molar-refractivity contribution in [3.63, 3.8) is 0 Å². The van der Waals surface area contributed by atoms with Crippen molar-refractivity contribution < 1.29 is 46.3 Å². The summed E-state index contributed by atoms with van der Waals surface area (Å²) in [4.78, 5) is 26.7. The monoisotopic (exact) mass is 547 g/mol. The molecule has 0 bridgehead atoms. The minimum Gasteiger partial charge on any atom is -0.462 e. The summed E-state index contributed by atoms with van der Waals surface area (Å²) < 4.78 is 66.3. The third kappa shape index (κ3) is 6.51. The Morgan fingerprint density at radius 1 is 1.30 bits per heavy atom. The first kappa shape index (κ1) is 28.7. The molecule has 2 heterocycles. The molecule has 2 aromatic rings. The highest BCUT2D eigenvalue weighted by molar-refractivity contribution is 7.52. The quantitative estimate of drug-likeness (QED) is 0.195. The second-order valence-electron chi connectivity index (χ2n) is 8.93. The summed E-state index contributed by atoms with van der Waals surface area (Å²) in [6, 6.07) is 7.64. The molecule has 0 saturated carbocycles. The van der Waals surface area contributed by atoms with E-state index in [-0.39, 0.29) is 11.6 Å². The number of carbonyl (C=O) groups is 1. The molecule has 6 atom stereocenters. The van der Waals surface area contributed by atoms with Gasteiger partial charge in [-0.2, -0.15) is 19.4 Å². The number of aliphatic hydroxyl groups is 1. The topological polar surface area (TPSA) is 166 Å². The summed E-state index contributed by atoms with van der Waals surface area (Å²) in [6.45, 7) is 4.07. The summed E-state index contributed by atoms with van der Waals surface area (Å²) in [7, 11) is -4.56. The summed E-state index contributed by atoms with van der Waals surface area (Å²) in [5.74, 6) is -4.07. The van der Waals surface area contributed by atoms with E-state index >= 15 is 8.78 Å². The molecule has 0 radical (unpaired) electrons. The van der Waals surface area contributed by atoms with Crippen LogP contribution in [-0.2, 0) is 23.4 Å². The number of benzene rings is 1. The molecule has 12 nitrogen and oxygen atoms in total. The fraction of sp³-hybridized carbons (Fsp3) is 0.500. The Balaban J connectivity index is 1.85. The Labute approximate surface area is 211 Å². The van der Waals surface area contributed by atoms with Crippen LogP contribution in [0.3, 0.4) is 0 Å². The number of nitrogens with one attached hydrogen (secondary N) is 2. The molecular formula is C22H30F2N4O8P+. The van der Waals surface area contributed by atoms with Gasteiger partial charge in [-0.15, -0.1) is 0 Å². The number of alkyl halides is 2. The average Bonchev–Trinajstić information content (AvgIpc) is 2.98. The number of hydrogen-bond donors (Lipinski definition) is 4. The van der Waals surface area contributed by atoms with Crippen LogP contribution in [0.5, 0.6) is 5.75 Å². The molecule has 0 spiro atoms. The van der Waals surface area contributed by atoms with Crippen molar-refractivity contribution >= 4 is 19.5 Å². The maximum absolute atomic E-state index is 15.8. The van der Waals surface area contributed by atoms with Crippen LogP contribution in [0.15, 0.2) is 47.4 Å². The number of nitrogen functional groups attached to an aromatic ring is 1. The molecule has 1 aromatic heterocycles. The molecule has 0 aliphatic carbocycles. The Morgan fingerprint density at radius 3 is 2.54 bits per heavy atom. The SMILES string of the molecule is CC(C)OC(=O)C(C)NP(=O)(OCC1(F)OC([n+]2ccc(N)[nH]c2=O)C(C)(F)C1O)Oc1ccccc1. The van der Waals surface area contributed by atoms with Gasteiger partial charge in [0, 0.05) is 6.07 Å². The molecule has 1 aliphatic heterocycles. The first-order valence-corrected chi connectivity index (χ1v) is 12.8. The van der Waals surface area contributed by atoms with Gasteiger partial charge in [0.25, 0.3) is 5.85 Å². The van der Waals surface area contributed by atoms with E-state index < -0.39 is 62.0 Å². The number of aromatic amines is 1. The predicted molar refractivity (Wildman–Crippen MR) is 126 cm³/mol. The number of rotatable bonds is 10. The first-order chi connectivity index (χ1) is 17.2. The number of H-pyrrole nitrogens is 1. The van der Waals surface area contributed by atoms with E-state index in [0.717, 1.165) is 13.1 Å². The number of para-hydroxylation sites is 1. The van der Waals surface area contributed by atoms with Gasteiger partial charge in [-0.1, -0.05) is 18.2 Å². The van der Waals surface area contributed by atoms with E-state index in [4.69, 9.17) is 24.3 Å². The van der Waals surface area contributed by atoms with Crippen molar-refractivity contribution in [3.8, 4) is 5.75 Å². The van der Waals surface area contributed by atoms with E-state index in [1.165, 1.54) is 25.1 Å². The molecule has 6 unspecified atom stereocenters. The molecule has 1 aliphatic rings. The zero-order valence-electron chi connectivity index (χ0n) is 20.6. The summed E-state index contributed by atoms with van der Waals surface area (Å²) in [6.07, 6.45) is -3.84. The highest BCUT2D eigenvalue weighted by atomic mass is 31.2. The molecule has 3 rings (SSSR count). The number of esters is 1. The third-order valence-corrected chi connectivity index (χ3v) is 6.97. The summed E-state index contributed by atoms with van der Waals surface area (Å²) in [5.41, 5.74) is 1.73. The lowest BCUT2D eigenvalue weighted by Crippen LogP contribution is -2.60. The zero-order valence-corrected chi connectivity index (χ0v) is 21.5. The fourth-order valence-corrected chi connectivity index (χ4v) is 5.02. The normalized spacial score (nSPS) is 28.0. The van der Waals surface area contributed by atoms with E-state index in [0.29, 0.717) is 4.57 Å². The van der Waals surface area contributed by atoms with Crippen LogP contribution >= 0.6 is 7.75 Å². The number of halogens is 2. The van der Waals surface area contributed by atoms with Crippen molar-refractivity contribution in [2.45, 2.75) is 63.7 Å². The predicted octanol–water partition coefficient (Wildman–Crippen LogP) is 1.66. The lowest BCUT2D eigenvalue weighted by molar-refractivity contribution is -0.786. The lowest BCUT2D eigenvalue weighted by Gasteiger charge is -2.28. The van der Waals surface area contributed by atoms with Crippen molar-refractivity contribution in [1.82, 2.24) is 10.1 Å².